The highest BCUT2D eigenvalue weighted by Gasteiger charge is 2.49. The lowest BCUT2D eigenvalue weighted by atomic mass is 10.1. The van der Waals surface area contributed by atoms with Crippen molar-refractivity contribution in [2.45, 2.75) is 58.3 Å². The number of carbonyl (C=O) groups is 2. The van der Waals surface area contributed by atoms with Gasteiger partial charge in [0.2, 0.25) is 0 Å². The number of rotatable bonds is 11. The van der Waals surface area contributed by atoms with E-state index in [-0.39, 0.29) is 11.9 Å². The molecular weight excluding hydrogens is 318 g/mol. The van der Waals surface area contributed by atoms with Crippen LogP contribution in [0.3, 0.4) is 0 Å². The zero-order chi connectivity index (χ0) is 17.9. The van der Waals surface area contributed by atoms with E-state index < -0.39 is 0 Å². The first-order valence-corrected chi connectivity index (χ1v) is 9.68. The number of ketones is 1. The summed E-state index contributed by atoms with van der Waals surface area (Å²) < 4.78 is 10.7. The second-order valence-corrected chi connectivity index (χ2v) is 6.95. The minimum Gasteiger partial charge on any atom is -0.449 e. The lowest BCUT2D eigenvalue weighted by Gasteiger charge is -2.07. The van der Waals surface area contributed by atoms with Gasteiger partial charge >= 0.3 is 6.09 Å². The van der Waals surface area contributed by atoms with Gasteiger partial charge < -0.3 is 14.8 Å². The van der Waals surface area contributed by atoms with Gasteiger partial charge in [0.25, 0.3) is 0 Å². The van der Waals surface area contributed by atoms with Gasteiger partial charge in [0, 0.05) is 32.2 Å². The highest BCUT2D eigenvalue weighted by molar-refractivity contribution is 5.78. The molecule has 25 heavy (non-hydrogen) atoms. The van der Waals surface area contributed by atoms with Gasteiger partial charge in [-0.25, -0.2) is 4.79 Å². The molecule has 2 aliphatic carbocycles. The Morgan fingerprint density at radius 3 is 2.48 bits per heavy atom. The quantitative estimate of drug-likeness (QED) is 0.459. The van der Waals surface area contributed by atoms with Crippen molar-refractivity contribution >= 4 is 11.9 Å². The molecule has 5 heteroatoms. The molecule has 0 aromatic rings. The van der Waals surface area contributed by atoms with Crippen LogP contribution in [0.1, 0.15) is 58.3 Å². The van der Waals surface area contributed by atoms with Crippen LogP contribution in [0.15, 0.2) is 0 Å². The molecule has 0 aromatic carbocycles. The fraction of sp³-hybridized carbons (Fsp3) is 0.800. The van der Waals surface area contributed by atoms with Crippen LogP contribution in [-0.2, 0) is 14.3 Å². The first kappa shape index (κ1) is 19.8. The van der Waals surface area contributed by atoms with E-state index >= 15 is 0 Å². The maximum Gasteiger partial charge on any atom is 0.407 e. The Hall–Kier alpha value is -1.54. The molecule has 1 fully saturated rings. The van der Waals surface area contributed by atoms with Crippen LogP contribution < -0.4 is 5.32 Å². The minimum absolute atomic E-state index is 0.247. The Balaban J connectivity index is 1.44. The summed E-state index contributed by atoms with van der Waals surface area (Å²) in [5.74, 6) is 8.51. The lowest BCUT2D eigenvalue weighted by molar-refractivity contribution is -0.120. The number of alkyl carbamates (subject to hydrolysis) is 1. The Bertz CT molecular complexity index is 476. The maximum absolute atomic E-state index is 11.7. The summed E-state index contributed by atoms with van der Waals surface area (Å²) in [7, 11) is 0. The number of fused-ring (bicyclic) bond motifs is 1. The second kappa shape index (κ2) is 11.1. The average molecular weight is 349 g/mol. The maximum atomic E-state index is 11.7. The molecule has 5 nitrogen and oxygen atoms in total. The molecule has 1 saturated carbocycles. The van der Waals surface area contributed by atoms with E-state index in [2.05, 4.69) is 24.1 Å². The minimum atomic E-state index is -0.377. The van der Waals surface area contributed by atoms with E-state index in [0.717, 1.165) is 38.5 Å². The van der Waals surface area contributed by atoms with Crippen LogP contribution >= 0.6 is 0 Å². The summed E-state index contributed by atoms with van der Waals surface area (Å²) in [6.07, 6.45) is 6.92. The Labute approximate surface area is 151 Å². The number of hydrogen-bond acceptors (Lipinski definition) is 4. The zero-order valence-electron chi connectivity index (χ0n) is 15.4. The van der Waals surface area contributed by atoms with E-state index in [9.17, 15) is 9.59 Å². The number of amides is 1. The van der Waals surface area contributed by atoms with Gasteiger partial charge in [-0.1, -0.05) is 13.3 Å². The molecule has 0 radical (unpaired) electrons. The fourth-order valence-electron chi connectivity index (χ4n) is 3.52. The van der Waals surface area contributed by atoms with Crippen molar-refractivity contribution in [2.75, 3.05) is 26.4 Å². The Kier molecular flexibility index (Phi) is 8.82. The lowest BCUT2D eigenvalue weighted by Crippen LogP contribution is -2.28. The van der Waals surface area contributed by atoms with Gasteiger partial charge in [0.05, 0.1) is 19.8 Å². The molecule has 2 atom stereocenters. The van der Waals surface area contributed by atoms with Crippen molar-refractivity contribution < 1.29 is 19.1 Å². The second-order valence-electron chi connectivity index (χ2n) is 6.95. The topological polar surface area (TPSA) is 64.6 Å². The van der Waals surface area contributed by atoms with E-state index in [1.807, 2.05) is 0 Å². The highest BCUT2D eigenvalue weighted by Crippen LogP contribution is 2.52. The fourth-order valence-corrected chi connectivity index (χ4v) is 3.52. The first-order valence-electron chi connectivity index (χ1n) is 9.68. The molecule has 1 N–H and O–H groups in total. The molecule has 1 amide bonds. The number of nitrogens with one attached hydrogen (secondary N) is 1. The van der Waals surface area contributed by atoms with Crippen LogP contribution in [0.4, 0.5) is 4.79 Å². The molecular formula is C20H31NO4. The van der Waals surface area contributed by atoms with Crippen molar-refractivity contribution in [3.8, 4) is 11.8 Å². The molecule has 0 saturated heterocycles. The van der Waals surface area contributed by atoms with Crippen molar-refractivity contribution in [1.29, 1.82) is 0 Å². The molecule has 2 rings (SSSR count). The van der Waals surface area contributed by atoms with Crippen molar-refractivity contribution in [3.05, 3.63) is 0 Å². The van der Waals surface area contributed by atoms with E-state index in [4.69, 9.17) is 9.47 Å². The van der Waals surface area contributed by atoms with Gasteiger partial charge in [-0.3, -0.25) is 4.79 Å². The molecule has 2 aliphatic rings. The molecule has 0 bridgehead atoms. The third-order valence-electron chi connectivity index (χ3n) is 5.10. The predicted molar refractivity (Wildman–Crippen MR) is 96.0 cm³/mol. The monoisotopic (exact) mass is 349 g/mol. The summed E-state index contributed by atoms with van der Waals surface area (Å²) in [6, 6.07) is 0. The van der Waals surface area contributed by atoms with Gasteiger partial charge in [0.1, 0.15) is 5.78 Å². The van der Waals surface area contributed by atoms with Crippen LogP contribution in [0, 0.1) is 29.6 Å². The number of carbonyl (C=O) groups excluding carboxylic acids is 2. The third-order valence-corrected chi connectivity index (χ3v) is 5.10. The predicted octanol–water partition coefficient (Wildman–Crippen LogP) is 3.32. The van der Waals surface area contributed by atoms with E-state index in [1.165, 1.54) is 0 Å². The van der Waals surface area contributed by atoms with Crippen LogP contribution in [0.2, 0.25) is 0 Å². The SMILES string of the molecule is CCCCC(=O)CCOCCNC(=O)OCC1C2CCC#CCCC21. The van der Waals surface area contributed by atoms with Gasteiger partial charge in [-0.15, -0.1) is 11.8 Å². The van der Waals surface area contributed by atoms with Crippen molar-refractivity contribution in [2.24, 2.45) is 17.8 Å². The largest absolute Gasteiger partial charge is 0.449 e. The Morgan fingerprint density at radius 1 is 1.08 bits per heavy atom. The van der Waals surface area contributed by atoms with Crippen LogP contribution in [0.25, 0.3) is 0 Å². The number of unbranched alkanes of at least 4 members (excludes halogenated alkanes) is 1. The first-order chi connectivity index (χ1) is 12.2. The van der Waals surface area contributed by atoms with Crippen LogP contribution in [-0.4, -0.2) is 38.2 Å². The van der Waals surface area contributed by atoms with Crippen molar-refractivity contribution in [1.82, 2.24) is 5.32 Å². The number of ether oxygens (including phenoxy) is 2. The molecule has 2 unspecified atom stereocenters. The number of hydrogen-bond donors (Lipinski definition) is 1. The molecule has 0 aliphatic heterocycles. The van der Waals surface area contributed by atoms with Crippen molar-refractivity contribution in [3.63, 3.8) is 0 Å². The van der Waals surface area contributed by atoms with Gasteiger partial charge in [-0.2, -0.15) is 0 Å². The van der Waals surface area contributed by atoms with Gasteiger partial charge in [-0.05, 0) is 37.0 Å². The normalized spacial score (nSPS) is 24.1. The smallest absolute Gasteiger partial charge is 0.407 e. The summed E-state index contributed by atoms with van der Waals surface area (Å²) in [5.41, 5.74) is 0. The standard InChI is InChI=1S/C20H31NO4/c1-2-3-8-16(22)11-13-24-14-12-21-20(23)25-15-19-17-9-6-4-5-7-10-18(17)19/h17-19H,2-3,6-15H2,1H3,(H,21,23). The van der Waals surface area contributed by atoms with Crippen LogP contribution in [0.5, 0.6) is 0 Å². The molecule has 140 valence electrons. The molecule has 0 heterocycles. The molecule has 0 aromatic heterocycles. The molecule has 0 spiro atoms. The summed E-state index contributed by atoms with van der Waals surface area (Å²) in [6.45, 7) is 3.82. The number of Topliss-reactive ketones (excluding diaryl/α,β-unsaturated/α-hetero) is 1. The zero-order valence-corrected chi connectivity index (χ0v) is 15.4. The summed E-state index contributed by atoms with van der Waals surface area (Å²) in [4.78, 5) is 23.2. The Morgan fingerprint density at radius 2 is 1.80 bits per heavy atom. The summed E-state index contributed by atoms with van der Waals surface area (Å²) in [5, 5.41) is 2.70. The third kappa shape index (κ3) is 7.48. The van der Waals surface area contributed by atoms with Gasteiger partial charge in [0.15, 0.2) is 0 Å². The average Bonchev–Trinajstić information content (AvgIpc) is 3.23. The summed E-state index contributed by atoms with van der Waals surface area (Å²) >= 11 is 0. The highest BCUT2D eigenvalue weighted by atomic mass is 16.5. The van der Waals surface area contributed by atoms with E-state index in [1.54, 1.807) is 0 Å². The van der Waals surface area contributed by atoms with E-state index in [0.29, 0.717) is 57.0 Å².